The normalized spacial score (nSPS) is 10.4. The summed E-state index contributed by atoms with van der Waals surface area (Å²) in [5.41, 5.74) is 5.75. The highest BCUT2D eigenvalue weighted by molar-refractivity contribution is 5.71. The summed E-state index contributed by atoms with van der Waals surface area (Å²) in [6, 6.07) is 23.0. The molecule has 1 heterocycles. The van der Waals surface area contributed by atoms with Gasteiger partial charge >= 0.3 is 0 Å². The monoisotopic (exact) mass is 274 g/mol. The number of hydrogen-bond acceptors (Lipinski definition) is 2. The zero-order valence-electron chi connectivity index (χ0n) is 12.3. The van der Waals surface area contributed by atoms with Crippen LogP contribution in [0.25, 0.3) is 22.4 Å². The third-order valence-electron chi connectivity index (χ3n) is 3.55. The van der Waals surface area contributed by atoms with Gasteiger partial charge in [-0.1, -0.05) is 42.5 Å². The predicted molar refractivity (Wildman–Crippen MR) is 89.4 cm³/mol. The number of benzene rings is 2. The van der Waals surface area contributed by atoms with Crippen LogP contribution in [-0.4, -0.2) is 19.1 Å². The van der Waals surface area contributed by atoms with Crippen LogP contribution in [0.5, 0.6) is 0 Å². The van der Waals surface area contributed by atoms with E-state index in [0.717, 1.165) is 11.3 Å². The summed E-state index contributed by atoms with van der Waals surface area (Å²) >= 11 is 0. The van der Waals surface area contributed by atoms with Crippen LogP contribution in [0.2, 0.25) is 0 Å². The molecule has 0 fully saturated rings. The van der Waals surface area contributed by atoms with Crippen molar-refractivity contribution in [1.29, 1.82) is 0 Å². The van der Waals surface area contributed by atoms with Crippen LogP contribution in [0.4, 0.5) is 5.69 Å². The lowest BCUT2D eigenvalue weighted by atomic mass is 10.0. The first-order valence-corrected chi connectivity index (χ1v) is 7.03. The molecular weight excluding hydrogens is 256 g/mol. The van der Waals surface area contributed by atoms with Gasteiger partial charge in [-0.2, -0.15) is 0 Å². The van der Waals surface area contributed by atoms with Gasteiger partial charge in [0, 0.05) is 31.5 Å². The molecule has 0 aliphatic heterocycles. The molecule has 0 spiro atoms. The summed E-state index contributed by atoms with van der Waals surface area (Å²) in [6.45, 7) is 0. The van der Waals surface area contributed by atoms with Crippen LogP contribution in [0.3, 0.4) is 0 Å². The minimum atomic E-state index is 1.00. The zero-order valence-corrected chi connectivity index (χ0v) is 12.3. The van der Waals surface area contributed by atoms with Crippen LogP contribution in [0.1, 0.15) is 0 Å². The summed E-state index contributed by atoms with van der Waals surface area (Å²) in [5, 5.41) is 0. The molecule has 21 heavy (non-hydrogen) atoms. The molecule has 3 aromatic rings. The van der Waals surface area contributed by atoms with E-state index in [1.165, 1.54) is 16.8 Å². The maximum absolute atomic E-state index is 4.47. The van der Waals surface area contributed by atoms with Crippen LogP contribution in [0.15, 0.2) is 72.9 Å². The van der Waals surface area contributed by atoms with Gasteiger partial charge in [0.1, 0.15) is 0 Å². The van der Waals surface area contributed by atoms with Crippen molar-refractivity contribution in [1.82, 2.24) is 4.98 Å². The molecule has 1 aromatic heterocycles. The first kappa shape index (κ1) is 13.4. The molecule has 0 saturated carbocycles. The predicted octanol–water partition coefficient (Wildman–Crippen LogP) is 4.48. The molecule has 0 amide bonds. The van der Waals surface area contributed by atoms with Crippen molar-refractivity contribution in [2.45, 2.75) is 0 Å². The number of anilines is 1. The molecule has 2 nitrogen and oxygen atoms in total. The van der Waals surface area contributed by atoms with Crippen LogP contribution in [-0.2, 0) is 0 Å². The third kappa shape index (κ3) is 2.95. The van der Waals surface area contributed by atoms with Gasteiger partial charge < -0.3 is 4.90 Å². The lowest BCUT2D eigenvalue weighted by Crippen LogP contribution is -2.07. The Kier molecular flexibility index (Phi) is 3.69. The molecule has 0 atom stereocenters. The summed E-state index contributed by atoms with van der Waals surface area (Å²) in [5.74, 6) is 0. The average Bonchev–Trinajstić information content (AvgIpc) is 2.56. The Morgan fingerprint density at radius 2 is 1.43 bits per heavy atom. The van der Waals surface area contributed by atoms with E-state index in [2.05, 4.69) is 72.5 Å². The molecule has 0 aliphatic rings. The highest BCUT2D eigenvalue weighted by Crippen LogP contribution is 2.25. The maximum Gasteiger partial charge on any atom is 0.0708 e. The molecule has 104 valence electrons. The maximum atomic E-state index is 4.47. The van der Waals surface area contributed by atoms with Gasteiger partial charge in [0.05, 0.1) is 5.69 Å². The number of pyridine rings is 1. The Morgan fingerprint density at radius 3 is 2.10 bits per heavy atom. The van der Waals surface area contributed by atoms with Gasteiger partial charge in [-0.05, 0) is 35.4 Å². The second-order valence-electron chi connectivity index (χ2n) is 5.24. The molecule has 2 heteroatoms. The summed E-state index contributed by atoms with van der Waals surface area (Å²) in [4.78, 5) is 6.58. The van der Waals surface area contributed by atoms with E-state index in [-0.39, 0.29) is 0 Å². The fourth-order valence-electron chi connectivity index (χ4n) is 2.33. The number of rotatable bonds is 3. The first-order chi connectivity index (χ1) is 10.2. The average molecular weight is 274 g/mol. The van der Waals surface area contributed by atoms with Gasteiger partial charge in [-0.3, -0.25) is 4.98 Å². The van der Waals surface area contributed by atoms with Crippen LogP contribution in [0, 0.1) is 0 Å². The van der Waals surface area contributed by atoms with Crippen molar-refractivity contribution < 1.29 is 0 Å². The first-order valence-electron chi connectivity index (χ1n) is 7.03. The van der Waals surface area contributed by atoms with Crippen molar-refractivity contribution >= 4 is 5.69 Å². The van der Waals surface area contributed by atoms with Gasteiger partial charge in [-0.25, -0.2) is 0 Å². The molecule has 0 unspecified atom stereocenters. The minimum absolute atomic E-state index is 1.00. The van der Waals surface area contributed by atoms with E-state index in [1.54, 1.807) is 0 Å². The third-order valence-corrected chi connectivity index (χ3v) is 3.55. The number of hydrogen-bond donors (Lipinski definition) is 0. The second-order valence-corrected chi connectivity index (χ2v) is 5.24. The Morgan fingerprint density at radius 1 is 0.714 bits per heavy atom. The topological polar surface area (TPSA) is 16.1 Å². The largest absolute Gasteiger partial charge is 0.378 e. The van der Waals surface area contributed by atoms with Crippen molar-refractivity contribution in [3.8, 4) is 22.4 Å². The van der Waals surface area contributed by atoms with E-state index in [4.69, 9.17) is 0 Å². The van der Waals surface area contributed by atoms with Crippen LogP contribution >= 0.6 is 0 Å². The fourth-order valence-corrected chi connectivity index (χ4v) is 2.33. The zero-order chi connectivity index (χ0) is 14.7. The van der Waals surface area contributed by atoms with Gasteiger partial charge in [0.15, 0.2) is 0 Å². The summed E-state index contributed by atoms with van der Waals surface area (Å²) < 4.78 is 0. The number of aromatic nitrogens is 1. The molecule has 0 aliphatic carbocycles. The van der Waals surface area contributed by atoms with Gasteiger partial charge in [-0.15, -0.1) is 0 Å². The molecule has 2 aromatic carbocycles. The quantitative estimate of drug-likeness (QED) is 0.700. The molecule has 0 radical (unpaired) electrons. The highest BCUT2D eigenvalue weighted by atomic mass is 15.1. The molecule has 0 bridgehead atoms. The van der Waals surface area contributed by atoms with E-state index < -0.39 is 0 Å². The lowest BCUT2D eigenvalue weighted by Gasteiger charge is -2.13. The minimum Gasteiger partial charge on any atom is -0.378 e. The van der Waals surface area contributed by atoms with Crippen molar-refractivity contribution in [2.24, 2.45) is 0 Å². The standard InChI is InChI=1S/C19H18N2/c1-21(2)18-10-8-15(9-11-18)17-12-13-20-19(14-17)16-6-4-3-5-7-16/h3-14H,1-2H3. The molecular formula is C19H18N2. The SMILES string of the molecule is CN(C)c1ccc(-c2ccnc(-c3ccccc3)c2)cc1. The van der Waals surface area contributed by atoms with E-state index >= 15 is 0 Å². The Bertz CT molecular complexity index is 716. The Hall–Kier alpha value is -2.61. The highest BCUT2D eigenvalue weighted by Gasteiger charge is 2.03. The van der Waals surface area contributed by atoms with Crippen molar-refractivity contribution in [3.63, 3.8) is 0 Å². The van der Waals surface area contributed by atoms with E-state index in [9.17, 15) is 0 Å². The van der Waals surface area contributed by atoms with E-state index in [0.29, 0.717) is 0 Å². The lowest BCUT2D eigenvalue weighted by molar-refractivity contribution is 1.13. The smallest absolute Gasteiger partial charge is 0.0708 e. The van der Waals surface area contributed by atoms with Crippen molar-refractivity contribution in [3.05, 3.63) is 72.9 Å². The molecule has 0 saturated heterocycles. The molecule has 0 N–H and O–H groups in total. The Balaban J connectivity index is 1.96. The summed E-state index contributed by atoms with van der Waals surface area (Å²) in [6.07, 6.45) is 1.87. The number of nitrogens with zero attached hydrogens (tertiary/aromatic N) is 2. The van der Waals surface area contributed by atoms with Gasteiger partial charge in [0.25, 0.3) is 0 Å². The van der Waals surface area contributed by atoms with E-state index in [1.807, 2.05) is 24.4 Å². The summed E-state index contributed by atoms with van der Waals surface area (Å²) in [7, 11) is 4.10. The fraction of sp³-hybridized carbons (Fsp3) is 0.105. The molecule has 3 rings (SSSR count). The van der Waals surface area contributed by atoms with Crippen LogP contribution < -0.4 is 4.90 Å². The Labute approximate surface area is 125 Å². The van der Waals surface area contributed by atoms with Gasteiger partial charge in [0.2, 0.25) is 0 Å². The van der Waals surface area contributed by atoms with Crippen molar-refractivity contribution in [2.75, 3.05) is 19.0 Å². The second kappa shape index (κ2) is 5.80.